The van der Waals surface area contributed by atoms with Crippen molar-refractivity contribution >= 4 is 60.5 Å². The molecule has 0 aliphatic heterocycles. The SMILES string of the molecule is c1ccc(-c2cc(N(c3ccc(-c4cccc5ccc6oc(-c7ccc8ccccc8c7)nc6c45)cc3)c3ccccc3-c3ccccc3)ccc2-c2cccc3ccccc23)cc1. The molecule has 0 saturated carbocycles. The summed E-state index contributed by atoms with van der Waals surface area (Å²) < 4.78 is 6.48. The third-order valence-corrected chi connectivity index (χ3v) is 12.5. The predicted molar refractivity (Wildman–Crippen MR) is 268 cm³/mol. The fraction of sp³-hybridized carbons (Fsp3) is 0. The molecule has 1 heterocycles. The summed E-state index contributed by atoms with van der Waals surface area (Å²) in [6.07, 6.45) is 0. The van der Waals surface area contributed by atoms with Crippen LogP contribution in [0.4, 0.5) is 17.1 Å². The van der Waals surface area contributed by atoms with Gasteiger partial charge in [-0.05, 0) is 114 Å². The van der Waals surface area contributed by atoms with Crippen molar-refractivity contribution in [1.29, 1.82) is 0 Å². The molecule has 12 aromatic rings. The van der Waals surface area contributed by atoms with Crippen molar-refractivity contribution in [2.75, 3.05) is 4.90 Å². The van der Waals surface area contributed by atoms with Crippen LogP contribution in [0.1, 0.15) is 0 Å². The summed E-state index contributed by atoms with van der Waals surface area (Å²) in [6.45, 7) is 0. The van der Waals surface area contributed by atoms with E-state index < -0.39 is 0 Å². The summed E-state index contributed by atoms with van der Waals surface area (Å²) in [5.74, 6) is 0.618. The Labute approximate surface area is 371 Å². The van der Waals surface area contributed by atoms with Gasteiger partial charge in [-0.15, -0.1) is 0 Å². The lowest BCUT2D eigenvalue weighted by molar-refractivity contribution is 0.620. The van der Waals surface area contributed by atoms with E-state index in [0.29, 0.717) is 5.89 Å². The molecule has 11 aromatic carbocycles. The summed E-state index contributed by atoms with van der Waals surface area (Å²) >= 11 is 0. The average Bonchev–Trinajstić information content (AvgIpc) is 3.82. The zero-order valence-electron chi connectivity index (χ0n) is 34.9. The largest absolute Gasteiger partial charge is 0.436 e. The van der Waals surface area contributed by atoms with E-state index in [-0.39, 0.29) is 0 Å². The number of fused-ring (bicyclic) bond motifs is 5. The smallest absolute Gasteiger partial charge is 0.227 e. The van der Waals surface area contributed by atoms with E-state index in [9.17, 15) is 0 Å². The molecule has 3 heteroatoms. The Morgan fingerprint density at radius 1 is 0.328 bits per heavy atom. The highest BCUT2D eigenvalue weighted by Crippen LogP contribution is 2.46. The van der Waals surface area contributed by atoms with Crippen LogP contribution >= 0.6 is 0 Å². The molecule has 1 aromatic heterocycles. The number of aromatic nitrogens is 1. The van der Waals surface area contributed by atoms with Crippen LogP contribution in [0.5, 0.6) is 0 Å². The lowest BCUT2D eigenvalue weighted by Crippen LogP contribution is -2.11. The number of nitrogens with zero attached hydrogens (tertiary/aromatic N) is 2. The normalized spacial score (nSPS) is 11.4. The second-order valence-corrected chi connectivity index (χ2v) is 16.3. The summed E-state index contributed by atoms with van der Waals surface area (Å²) in [5.41, 5.74) is 15.0. The Morgan fingerprint density at radius 2 is 0.906 bits per heavy atom. The van der Waals surface area contributed by atoms with Crippen molar-refractivity contribution in [2.45, 2.75) is 0 Å². The molecule has 0 unspecified atom stereocenters. The van der Waals surface area contributed by atoms with Crippen molar-refractivity contribution in [3.8, 4) is 56.0 Å². The van der Waals surface area contributed by atoms with Gasteiger partial charge in [0.1, 0.15) is 5.52 Å². The van der Waals surface area contributed by atoms with Gasteiger partial charge in [-0.1, -0.05) is 194 Å². The number of oxazole rings is 1. The van der Waals surface area contributed by atoms with Crippen LogP contribution in [0, 0.1) is 0 Å². The quantitative estimate of drug-likeness (QED) is 0.153. The van der Waals surface area contributed by atoms with Gasteiger partial charge in [0, 0.05) is 27.9 Å². The van der Waals surface area contributed by atoms with Crippen LogP contribution in [0.25, 0.3) is 99.4 Å². The first-order chi connectivity index (χ1) is 31.7. The highest BCUT2D eigenvalue weighted by molar-refractivity contribution is 6.12. The molecular weight excluding hydrogens is 777 g/mol. The lowest BCUT2D eigenvalue weighted by Gasteiger charge is -2.29. The van der Waals surface area contributed by atoms with Crippen molar-refractivity contribution in [3.05, 3.63) is 243 Å². The summed E-state index contributed by atoms with van der Waals surface area (Å²) in [4.78, 5) is 7.57. The lowest BCUT2D eigenvalue weighted by atomic mass is 9.90. The van der Waals surface area contributed by atoms with Gasteiger partial charge >= 0.3 is 0 Å². The number of para-hydroxylation sites is 1. The van der Waals surface area contributed by atoms with E-state index in [1.807, 2.05) is 6.07 Å². The molecule has 0 aliphatic rings. The second-order valence-electron chi connectivity index (χ2n) is 16.3. The minimum Gasteiger partial charge on any atom is -0.436 e. The molecule has 0 atom stereocenters. The molecule has 0 saturated heterocycles. The predicted octanol–water partition coefficient (Wildman–Crippen LogP) is 17.1. The van der Waals surface area contributed by atoms with Crippen LogP contribution in [-0.4, -0.2) is 4.98 Å². The maximum Gasteiger partial charge on any atom is 0.227 e. The summed E-state index contributed by atoms with van der Waals surface area (Å²) in [7, 11) is 0. The summed E-state index contributed by atoms with van der Waals surface area (Å²) in [5, 5.41) is 7.00. The first kappa shape index (κ1) is 37.2. The number of hydrogen-bond donors (Lipinski definition) is 0. The first-order valence-electron chi connectivity index (χ1n) is 21.8. The molecule has 0 bridgehead atoms. The zero-order valence-corrected chi connectivity index (χ0v) is 34.9. The van der Waals surface area contributed by atoms with Crippen LogP contribution in [0.3, 0.4) is 0 Å². The highest BCUT2D eigenvalue weighted by atomic mass is 16.3. The van der Waals surface area contributed by atoms with E-state index in [1.165, 1.54) is 32.8 Å². The van der Waals surface area contributed by atoms with E-state index in [1.54, 1.807) is 0 Å². The number of anilines is 3. The van der Waals surface area contributed by atoms with E-state index in [4.69, 9.17) is 9.40 Å². The van der Waals surface area contributed by atoms with Gasteiger partial charge in [-0.25, -0.2) is 4.98 Å². The van der Waals surface area contributed by atoms with Gasteiger partial charge in [0.2, 0.25) is 5.89 Å². The molecule has 0 aliphatic carbocycles. The average molecular weight is 817 g/mol. The highest BCUT2D eigenvalue weighted by Gasteiger charge is 2.21. The fourth-order valence-corrected chi connectivity index (χ4v) is 9.42. The van der Waals surface area contributed by atoms with E-state index >= 15 is 0 Å². The standard InChI is InChI=1S/C61H40N2O/c1-3-16-43(17-4-1)52-25-11-12-28-57(52)63(50-36-37-55(56(40-50)44-18-5-2-6-19-44)54-27-13-22-42-20-9-10-24-51(42)54)49-34-31-45(32-35-49)53-26-14-23-46-33-38-58-60(59(46)53)62-61(64-58)48-30-29-41-15-7-8-21-47(41)39-48/h1-40H. The molecular formula is C61H40N2O. The molecule has 12 rings (SSSR count). The molecule has 0 radical (unpaired) electrons. The van der Waals surface area contributed by atoms with Crippen LogP contribution in [0.15, 0.2) is 247 Å². The maximum atomic E-state index is 6.48. The Kier molecular flexibility index (Phi) is 9.16. The minimum absolute atomic E-state index is 0.618. The van der Waals surface area contributed by atoms with Gasteiger partial charge in [0.25, 0.3) is 0 Å². The molecule has 64 heavy (non-hydrogen) atoms. The van der Waals surface area contributed by atoms with Crippen molar-refractivity contribution in [3.63, 3.8) is 0 Å². The van der Waals surface area contributed by atoms with Crippen LogP contribution < -0.4 is 4.90 Å². The van der Waals surface area contributed by atoms with Crippen LogP contribution in [-0.2, 0) is 0 Å². The Hall–Kier alpha value is -8.53. The zero-order chi connectivity index (χ0) is 42.4. The van der Waals surface area contributed by atoms with E-state index in [2.05, 4.69) is 241 Å². The number of hydrogen-bond acceptors (Lipinski definition) is 3. The molecule has 300 valence electrons. The topological polar surface area (TPSA) is 29.3 Å². The molecule has 0 N–H and O–H groups in total. The third-order valence-electron chi connectivity index (χ3n) is 12.5. The fourth-order valence-electron chi connectivity index (χ4n) is 9.42. The minimum atomic E-state index is 0.618. The van der Waals surface area contributed by atoms with E-state index in [0.717, 1.165) is 77.7 Å². The Bertz CT molecular complexity index is 3660. The van der Waals surface area contributed by atoms with Crippen LogP contribution in [0.2, 0.25) is 0 Å². The van der Waals surface area contributed by atoms with Gasteiger partial charge in [0.15, 0.2) is 5.58 Å². The Morgan fingerprint density at radius 3 is 1.72 bits per heavy atom. The molecule has 0 spiro atoms. The molecule has 3 nitrogen and oxygen atoms in total. The van der Waals surface area contributed by atoms with Gasteiger partial charge < -0.3 is 9.32 Å². The van der Waals surface area contributed by atoms with Crippen molar-refractivity contribution in [1.82, 2.24) is 4.98 Å². The van der Waals surface area contributed by atoms with Gasteiger partial charge in [-0.2, -0.15) is 0 Å². The Balaban J connectivity index is 1.02. The van der Waals surface area contributed by atoms with Gasteiger partial charge in [0.05, 0.1) is 5.69 Å². The summed E-state index contributed by atoms with van der Waals surface area (Å²) in [6, 6.07) is 86.8. The van der Waals surface area contributed by atoms with Crippen molar-refractivity contribution < 1.29 is 4.42 Å². The molecule has 0 amide bonds. The molecule has 0 fully saturated rings. The third kappa shape index (κ3) is 6.59. The van der Waals surface area contributed by atoms with Gasteiger partial charge in [-0.3, -0.25) is 0 Å². The number of rotatable bonds is 8. The van der Waals surface area contributed by atoms with Crippen molar-refractivity contribution in [2.24, 2.45) is 0 Å². The second kappa shape index (κ2) is 15.7. The monoisotopic (exact) mass is 816 g/mol. The first-order valence-corrected chi connectivity index (χ1v) is 21.8. The maximum absolute atomic E-state index is 6.48. The number of benzene rings is 11.